The summed E-state index contributed by atoms with van der Waals surface area (Å²) >= 11 is 5.93. The first kappa shape index (κ1) is 26.5. The first-order chi connectivity index (χ1) is 16.2. The summed E-state index contributed by atoms with van der Waals surface area (Å²) in [4.78, 5) is 28.6. The van der Waals surface area contributed by atoms with E-state index in [1.165, 1.54) is 28.5 Å². The smallest absolute Gasteiger partial charge is 0.465 e. The second-order valence-electron chi connectivity index (χ2n) is 8.51. The predicted octanol–water partition coefficient (Wildman–Crippen LogP) is 3.00. The lowest BCUT2D eigenvalue weighted by Crippen LogP contribution is -2.58. The molecule has 2 aromatic rings. The molecule has 0 spiro atoms. The van der Waals surface area contributed by atoms with Crippen molar-refractivity contribution in [3.63, 3.8) is 0 Å². The molecule has 2 heterocycles. The van der Waals surface area contributed by atoms with E-state index in [2.05, 4.69) is 9.72 Å². The zero-order valence-corrected chi connectivity index (χ0v) is 19.2. The molecule has 1 aliphatic heterocycles. The number of hydrogen-bond acceptors (Lipinski definition) is 7. The molecule has 1 aromatic carbocycles. The molecule has 0 saturated carbocycles. The lowest BCUT2D eigenvalue weighted by molar-refractivity contribution is -0.389. The van der Waals surface area contributed by atoms with Crippen LogP contribution in [0.15, 0.2) is 30.5 Å². The van der Waals surface area contributed by atoms with Crippen LogP contribution in [0.4, 0.5) is 23.8 Å². The highest BCUT2D eigenvalue weighted by atomic mass is 35.5. The Morgan fingerprint density at radius 2 is 1.94 bits per heavy atom. The van der Waals surface area contributed by atoms with Gasteiger partial charge in [-0.15, -0.1) is 13.2 Å². The van der Waals surface area contributed by atoms with Gasteiger partial charge in [-0.05, 0) is 52.5 Å². The van der Waals surface area contributed by atoms with Crippen LogP contribution in [0.1, 0.15) is 12.5 Å². The Hall–Kier alpha value is -3.10. The molecular weight excluding hydrogens is 499 g/mol. The van der Waals surface area contributed by atoms with Gasteiger partial charge in [-0.2, -0.15) is 0 Å². The van der Waals surface area contributed by atoms with Crippen molar-refractivity contribution in [1.29, 1.82) is 0 Å². The fraction of sp³-hybridized carbons (Fsp3) is 0.500. The number of imidazole rings is 1. The average molecular weight is 522 g/mol. The van der Waals surface area contributed by atoms with E-state index in [0.717, 1.165) is 18.3 Å². The molecule has 11 nitrogen and oxygen atoms in total. The molecule has 1 amide bonds. The van der Waals surface area contributed by atoms with E-state index in [1.807, 2.05) is 4.90 Å². The van der Waals surface area contributed by atoms with E-state index in [1.54, 1.807) is 0 Å². The number of halogens is 4. The number of amides is 1. The molecule has 0 bridgehead atoms. The second kappa shape index (κ2) is 10.3. The maximum Gasteiger partial charge on any atom is 0.573 e. The molecule has 35 heavy (non-hydrogen) atoms. The summed E-state index contributed by atoms with van der Waals surface area (Å²) in [6.07, 6.45) is -4.59. The number of aromatic nitrogens is 2. The Labute approximate surface area is 202 Å². The van der Waals surface area contributed by atoms with Crippen molar-refractivity contribution in [2.24, 2.45) is 0 Å². The van der Waals surface area contributed by atoms with Crippen LogP contribution in [0.2, 0.25) is 5.28 Å². The molecule has 15 heteroatoms. The summed E-state index contributed by atoms with van der Waals surface area (Å²) in [6.45, 7) is 2.28. The van der Waals surface area contributed by atoms with E-state index in [0.29, 0.717) is 12.1 Å². The standard InChI is InChI=1S/C20H23ClF3N5O6/c1-19(32,12-27-10-16(29(33)34)25-17(27)21)11-26-6-7-28(18(30)31)14(9-26)8-13-2-4-15(5-3-13)35-20(22,23)24/h2-5,10,14,32H,6-9,11-12H2,1H3,(H,30,31). The first-order valence-electron chi connectivity index (χ1n) is 10.4. The van der Waals surface area contributed by atoms with Crippen molar-refractivity contribution in [2.75, 3.05) is 26.2 Å². The lowest BCUT2D eigenvalue weighted by atomic mass is 10.00. The molecule has 192 valence electrons. The summed E-state index contributed by atoms with van der Waals surface area (Å²) in [7, 11) is 0. The number of aliphatic hydroxyl groups is 1. The van der Waals surface area contributed by atoms with E-state index in [4.69, 9.17) is 11.6 Å². The quantitative estimate of drug-likeness (QED) is 0.400. The van der Waals surface area contributed by atoms with Crippen molar-refractivity contribution >= 4 is 23.5 Å². The largest absolute Gasteiger partial charge is 0.573 e. The second-order valence-corrected chi connectivity index (χ2v) is 8.85. The molecular formula is C20H23ClF3N5O6. The van der Waals surface area contributed by atoms with Gasteiger partial charge in [0.2, 0.25) is 0 Å². The van der Waals surface area contributed by atoms with E-state index >= 15 is 0 Å². The van der Waals surface area contributed by atoms with Gasteiger partial charge in [-0.3, -0.25) is 9.47 Å². The van der Waals surface area contributed by atoms with Crippen LogP contribution in [0.3, 0.4) is 0 Å². The summed E-state index contributed by atoms with van der Waals surface area (Å²) in [5.74, 6) is -0.830. The number of nitro groups is 1. The highest BCUT2D eigenvalue weighted by Crippen LogP contribution is 2.25. The van der Waals surface area contributed by atoms with Gasteiger partial charge >= 0.3 is 23.6 Å². The normalized spacial score (nSPS) is 18.8. The molecule has 0 radical (unpaired) electrons. The molecule has 1 fully saturated rings. The van der Waals surface area contributed by atoms with Crippen molar-refractivity contribution in [2.45, 2.75) is 37.9 Å². The van der Waals surface area contributed by atoms with E-state index in [-0.39, 0.29) is 43.6 Å². The maximum absolute atomic E-state index is 12.4. The minimum Gasteiger partial charge on any atom is -0.465 e. The van der Waals surface area contributed by atoms with Crippen molar-refractivity contribution in [1.82, 2.24) is 19.4 Å². The van der Waals surface area contributed by atoms with Crippen LogP contribution < -0.4 is 4.74 Å². The molecule has 1 saturated heterocycles. The van der Waals surface area contributed by atoms with Crippen LogP contribution in [-0.2, 0) is 13.0 Å². The third kappa shape index (κ3) is 7.44. The molecule has 3 rings (SSSR count). The van der Waals surface area contributed by atoms with E-state index < -0.39 is 34.8 Å². The number of β-amino-alcohol motifs (C(OH)–C–C–N with tert-alkyl or cyclic N) is 1. The lowest BCUT2D eigenvalue weighted by Gasteiger charge is -2.42. The Morgan fingerprint density at radius 1 is 1.29 bits per heavy atom. The summed E-state index contributed by atoms with van der Waals surface area (Å²) in [5, 5.41) is 31.2. The number of rotatable bonds is 8. The minimum atomic E-state index is -4.81. The number of ether oxygens (including phenoxy) is 1. The number of alkyl halides is 3. The first-order valence-corrected chi connectivity index (χ1v) is 10.8. The zero-order valence-electron chi connectivity index (χ0n) is 18.5. The Kier molecular flexibility index (Phi) is 7.77. The van der Waals surface area contributed by atoms with Gasteiger partial charge in [0.15, 0.2) is 0 Å². The van der Waals surface area contributed by atoms with Gasteiger partial charge in [-0.25, -0.2) is 4.79 Å². The Balaban J connectivity index is 1.67. The summed E-state index contributed by atoms with van der Waals surface area (Å²) in [5.41, 5.74) is -0.771. The van der Waals surface area contributed by atoms with Crippen LogP contribution >= 0.6 is 11.6 Å². The van der Waals surface area contributed by atoms with Crippen LogP contribution in [0.25, 0.3) is 0 Å². The number of piperazine rings is 1. The summed E-state index contributed by atoms with van der Waals surface area (Å²) in [6, 6.07) is 4.67. The maximum atomic E-state index is 12.4. The zero-order chi connectivity index (χ0) is 26.0. The van der Waals surface area contributed by atoms with Crippen molar-refractivity contribution in [3.05, 3.63) is 51.4 Å². The molecule has 2 N–H and O–H groups in total. The van der Waals surface area contributed by atoms with E-state index in [9.17, 15) is 38.3 Å². The van der Waals surface area contributed by atoms with Crippen LogP contribution in [0.5, 0.6) is 5.75 Å². The highest BCUT2D eigenvalue weighted by Gasteiger charge is 2.35. The van der Waals surface area contributed by atoms with Gasteiger partial charge in [0, 0.05) is 26.2 Å². The number of benzene rings is 1. The fourth-order valence-electron chi connectivity index (χ4n) is 4.07. The molecule has 1 aromatic heterocycles. The SMILES string of the molecule is CC(O)(CN1CCN(C(=O)O)C(Cc2ccc(OC(F)(F)F)cc2)C1)Cn1cc([N+](=O)[O-])nc1Cl. The average Bonchev–Trinajstić information content (AvgIpc) is 3.08. The predicted molar refractivity (Wildman–Crippen MR) is 116 cm³/mol. The van der Waals surface area contributed by atoms with Gasteiger partial charge in [-0.1, -0.05) is 12.1 Å². The number of carboxylic acid groups (broad SMARTS) is 1. The van der Waals surface area contributed by atoms with Crippen molar-refractivity contribution < 1.29 is 37.8 Å². The monoisotopic (exact) mass is 521 g/mol. The summed E-state index contributed by atoms with van der Waals surface area (Å²) < 4.78 is 42.2. The Morgan fingerprint density at radius 3 is 2.49 bits per heavy atom. The van der Waals surface area contributed by atoms with Crippen LogP contribution in [-0.4, -0.2) is 84.8 Å². The Bertz CT molecular complexity index is 1060. The highest BCUT2D eigenvalue weighted by molar-refractivity contribution is 6.28. The number of nitrogens with zero attached hydrogens (tertiary/aromatic N) is 5. The fourth-order valence-corrected chi connectivity index (χ4v) is 4.26. The topological polar surface area (TPSA) is 134 Å². The number of hydrogen-bond donors (Lipinski definition) is 2. The van der Waals surface area contributed by atoms with Gasteiger partial charge in [0.1, 0.15) is 11.9 Å². The third-order valence-corrected chi connectivity index (χ3v) is 5.72. The minimum absolute atomic E-state index is 0.0862. The van der Waals surface area contributed by atoms with Gasteiger partial charge in [0.05, 0.1) is 18.2 Å². The van der Waals surface area contributed by atoms with Gasteiger partial charge in [0.25, 0.3) is 0 Å². The molecule has 0 aliphatic carbocycles. The van der Waals surface area contributed by atoms with Crippen LogP contribution in [0, 0.1) is 10.1 Å². The molecule has 2 unspecified atom stereocenters. The van der Waals surface area contributed by atoms with Gasteiger partial charge < -0.3 is 30.0 Å². The molecule has 1 aliphatic rings. The third-order valence-electron chi connectivity index (χ3n) is 5.42. The van der Waals surface area contributed by atoms with Crippen molar-refractivity contribution in [3.8, 4) is 5.75 Å². The number of carbonyl (C=O) groups is 1. The molecule has 2 atom stereocenters.